The molecular formula is C16H15F3N2O2. The van der Waals surface area contributed by atoms with Crippen LogP contribution in [-0.2, 0) is 0 Å². The Kier molecular flexibility index (Phi) is 5.10. The number of hydrogen-bond donors (Lipinski definition) is 1. The molecule has 0 saturated heterocycles. The minimum Gasteiger partial charge on any atom is -0.497 e. The quantitative estimate of drug-likeness (QED) is 0.669. The number of aliphatic imine (C=N–C) groups is 1. The molecule has 0 amide bonds. The summed E-state index contributed by atoms with van der Waals surface area (Å²) in [5, 5.41) is 2.29. The zero-order valence-corrected chi connectivity index (χ0v) is 12.5. The van der Waals surface area contributed by atoms with Crippen LogP contribution in [0.3, 0.4) is 0 Å². The molecule has 0 bridgehead atoms. The third kappa shape index (κ3) is 4.64. The van der Waals surface area contributed by atoms with E-state index in [0.29, 0.717) is 11.5 Å². The molecule has 2 aromatic carbocycles. The van der Waals surface area contributed by atoms with Crippen molar-refractivity contribution in [1.29, 1.82) is 0 Å². The Balaban J connectivity index is 2.26. The molecular weight excluding hydrogens is 309 g/mol. The van der Waals surface area contributed by atoms with Gasteiger partial charge in [-0.1, -0.05) is 0 Å². The maximum absolute atomic E-state index is 13.1. The molecule has 0 radical (unpaired) electrons. The average molecular weight is 324 g/mol. The second kappa shape index (κ2) is 7.04. The number of nitrogens with one attached hydrogen (secondary N) is 1. The third-order valence-electron chi connectivity index (χ3n) is 2.93. The topological polar surface area (TPSA) is 42.8 Å². The van der Waals surface area contributed by atoms with E-state index < -0.39 is 12.0 Å². The van der Waals surface area contributed by atoms with Gasteiger partial charge in [0.15, 0.2) is 0 Å². The summed E-state index contributed by atoms with van der Waals surface area (Å²) in [6, 6.07) is 12.1. The first-order chi connectivity index (χ1) is 10.9. The molecule has 122 valence electrons. The molecule has 0 spiro atoms. The number of hydrogen-bond acceptors (Lipinski definition) is 3. The van der Waals surface area contributed by atoms with Crippen molar-refractivity contribution >= 4 is 17.2 Å². The standard InChI is InChI=1S/C16H15F3N2O2/c1-22-13-7-3-11(4-8-13)20-15(16(17,18)19)21-12-5-9-14(23-2)10-6-12/h3-10H,1-2H3,(H,20,21). The van der Waals surface area contributed by atoms with E-state index in [9.17, 15) is 13.2 Å². The van der Waals surface area contributed by atoms with E-state index >= 15 is 0 Å². The van der Waals surface area contributed by atoms with E-state index in [-0.39, 0.29) is 11.4 Å². The van der Waals surface area contributed by atoms with E-state index in [1.165, 1.54) is 38.5 Å². The number of methoxy groups -OCH3 is 2. The van der Waals surface area contributed by atoms with Crippen LogP contribution in [0.2, 0.25) is 0 Å². The van der Waals surface area contributed by atoms with Gasteiger partial charge in [-0.15, -0.1) is 0 Å². The van der Waals surface area contributed by atoms with Gasteiger partial charge in [0, 0.05) is 5.69 Å². The highest BCUT2D eigenvalue weighted by atomic mass is 19.4. The van der Waals surface area contributed by atoms with Crippen LogP contribution in [0, 0.1) is 0 Å². The first-order valence-corrected chi connectivity index (χ1v) is 6.63. The fourth-order valence-electron chi connectivity index (χ4n) is 1.76. The first-order valence-electron chi connectivity index (χ1n) is 6.63. The molecule has 0 aliphatic carbocycles. The van der Waals surface area contributed by atoms with E-state index in [2.05, 4.69) is 10.3 Å². The van der Waals surface area contributed by atoms with Gasteiger partial charge in [0.2, 0.25) is 5.84 Å². The van der Waals surface area contributed by atoms with Gasteiger partial charge < -0.3 is 14.8 Å². The third-order valence-corrected chi connectivity index (χ3v) is 2.93. The summed E-state index contributed by atoms with van der Waals surface area (Å²) in [6.07, 6.45) is -4.61. The molecule has 0 fully saturated rings. The lowest BCUT2D eigenvalue weighted by atomic mass is 10.3. The molecule has 0 unspecified atom stereocenters. The predicted octanol–water partition coefficient (Wildman–Crippen LogP) is 4.41. The van der Waals surface area contributed by atoms with Gasteiger partial charge in [0.05, 0.1) is 19.9 Å². The number of rotatable bonds is 4. The lowest BCUT2D eigenvalue weighted by Gasteiger charge is -2.13. The molecule has 2 rings (SSSR count). The maximum atomic E-state index is 13.1. The first kappa shape index (κ1) is 16.7. The van der Waals surface area contributed by atoms with Gasteiger partial charge in [-0.3, -0.25) is 0 Å². The van der Waals surface area contributed by atoms with Crippen LogP contribution in [0.4, 0.5) is 24.5 Å². The Bertz CT molecular complexity index is 665. The molecule has 0 aromatic heterocycles. The van der Waals surface area contributed by atoms with Crippen molar-refractivity contribution in [2.24, 2.45) is 4.99 Å². The van der Waals surface area contributed by atoms with Gasteiger partial charge in [-0.25, -0.2) is 4.99 Å². The van der Waals surface area contributed by atoms with Crippen molar-refractivity contribution in [3.8, 4) is 11.5 Å². The van der Waals surface area contributed by atoms with Crippen LogP contribution in [0.1, 0.15) is 0 Å². The Morgan fingerprint density at radius 1 is 0.870 bits per heavy atom. The number of benzene rings is 2. The van der Waals surface area contributed by atoms with Crippen molar-refractivity contribution in [3.05, 3.63) is 48.5 Å². The smallest absolute Gasteiger partial charge is 0.449 e. The number of anilines is 1. The van der Waals surface area contributed by atoms with E-state index in [0.717, 1.165) is 0 Å². The maximum Gasteiger partial charge on any atom is 0.449 e. The number of nitrogens with zero attached hydrogens (tertiary/aromatic N) is 1. The molecule has 0 aliphatic rings. The Morgan fingerprint density at radius 2 is 1.35 bits per heavy atom. The molecule has 7 heteroatoms. The molecule has 1 N–H and O–H groups in total. The Morgan fingerprint density at radius 3 is 1.78 bits per heavy atom. The highest BCUT2D eigenvalue weighted by Gasteiger charge is 2.36. The van der Waals surface area contributed by atoms with E-state index in [4.69, 9.17) is 9.47 Å². The van der Waals surface area contributed by atoms with E-state index in [1.807, 2.05) is 0 Å². The second-order valence-electron chi connectivity index (χ2n) is 4.51. The SMILES string of the molecule is COc1ccc(N=C(Nc2ccc(OC)cc2)C(F)(F)F)cc1. The molecule has 0 saturated carbocycles. The zero-order valence-electron chi connectivity index (χ0n) is 12.5. The van der Waals surface area contributed by atoms with Crippen molar-refractivity contribution in [3.63, 3.8) is 0 Å². The number of halogens is 3. The van der Waals surface area contributed by atoms with Crippen LogP contribution in [-0.4, -0.2) is 26.2 Å². The Hall–Kier alpha value is -2.70. The molecule has 0 atom stereocenters. The summed E-state index contributed by atoms with van der Waals surface area (Å²) in [4.78, 5) is 3.64. The van der Waals surface area contributed by atoms with Crippen LogP contribution in [0.15, 0.2) is 53.5 Å². The largest absolute Gasteiger partial charge is 0.497 e. The van der Waals surface area contributed by atoms with Crippen LogP contribution < -0.4 is 14.8 Å². The average Bonchev–Trinajstić information content (AvgIpc) is 2.54. The normalized spacial score (nSPS) is 12.0. The minimum absolute atomic E-state index is 0.166. The summed E-state index contributed by atoms with van der Waals surface area (Å²) >= 11 is 0. The fraction of sp³-hybridized carbons (Fsp3) is 0.188. The summed E-state index contributed by atoms with van der Waals surface area (Å²) in [5.41, 5.74) is 0.425. The summed E-state index contributed by atoms with van der Waals surface area (Å²) < 4.78 is 49.3. The van der Waals surface area contributed by atoms with Crippen molar-refractivity contribution in [2.45, 2.75) is 6.18 Å². The molecule has 4 nitrogen and oxygen atoms in total. The summed E-state index contributed by atoms with van der Waals surface area (Å²) in [5.74, 6) is -0.00958. The van der Waals surface area contributed by atoms with Crippen molar-refractivity contribution < 1.29 is 22.6 Å². The highest BCUT2D eigenvalue weighted by Crippen LogP contribution is 2.25. The Labute approximate surface area is 131 Å². The predicted molar refractivity (Wildman–Crippen MR) is 82.8 cm³/mol. The van der Waals surface area contributed by atoms with Gasteiger partial charge in [-0.2, -0.15) is 13.2 Å². The van der Waals surface area contributed by atoms with Gasteiger partial charge in [0.25, 0.3) is 0 Å². The lowest BCUT2D eigenvalue weighted by Crippen LogP contribution is -2.30. The van der Waals surface area contributed by atoms with Gasteiger partial charge >= 0.3 is 6.18 Å². The lowest BCUT2D eigenvalue weighted by molar-refractivity contribution is -0.0586. The van der Waals surface area contributed by atoms with Crippen LogP contribution in [0.25, 0.3) is 0 Å². The number of alkyl halides is 3. The molecule has 2 aromatic rings. The van der Waals surface area contributed by atoms with Gasteiger partial charge in [0.1, 0.15) is 11.5 Å². The molecule has 0 aliphatic heterocycles. The fourth-order valence-corrected chi connectivity index (χ4v) is 1.76. The number of amidine groups is 1. The molecule has 0 heterocycles. The zero-order chi connectivity index (χ0) is 16.9. The van der Waals surface area contributed by atoms with Crippen LogP contribution in [0.5, 0.6) is 11.5 Å². The highest BCUT2D eigenvalue weighted by molar-refractivity contribution is 6.01. The monoisotopic (exact) mass is 324 g/mol. The summed E-state index contributed by atoms with van der Waals surface area (Å²) in [6.45, 7) is 0. The summed E-state index contributed by atoms with van der Waals surface area (Å²) in [7, 11) is 2.96. The second-order valence-corrected chi connectivity index (χ2v) is 4.51. The van der Waals surface area contributed by atoms with Crippen molar-refractivity contribution in [1.82, 2.24) is 0 Å². The van der Waals surface area contributed by atoms with E-state index in [1.54, 1.807) is 24.3 Å². The number of ether oxygens (including phenoxy) is 2. The molecule has 23 heavy (non-hydrogen) atoms. The van der Waals surface area contributed by atoms with Crippen LogP contribution >= 0.6 is 0 Å². The van der Waals surface area contributed by atoms with Gasteiger partial charge in [-0.05, 0) is 48.5 Å². The van der Waals surface area contributed by atoms with Crippen molar-refractivity contribution in [2.75, 3.05) is 19.5 Å². The minimum atomic E-state index is -4.61.